The number of furan rings is 1. The molecule has 0 fully saturated rings. The zero-order valence-electron chi connectivity index (χ0n) is 6.90. The Balaban J connectivity index is 2.07. The lowest BCUT2D eigenvalue weighted by Gasteiger charge is -1.95. The summed E-state index contributed by atoms with van der Waals surface area (Å²) < 4.78 is 10.3. The molecule has 0 aliphatic rings. The summed E-state index contributed by atoms with van der Waals surface area (Å²) in [7, 11) is 0. The Morgan fingerprint density at radius 2 is 2.42 bits per heavy atom. The average molecular weight is 167 g/mol. The lowest BCUT2D eigenvalue weighted by molar-refractivity contribution is 0.131. The Morgan fingerprint density at radius 1 is 1.50 bits per heavy atom. The summed E-state index contributed by atoms with van der Waals surface area (Å²) in [4.78, 5) is 0. The van der Waals surface area contributed by atoms with Crippen LogP contribution in [0.25, 0.3) is 0 Å². The van der Waals surface area contributed by atoms with Gasteiger partial charge < -0.3 is 14.9 Å². The monoisotopic (exact) mass is 167 g/mol. The van der Waals surface area contributed by atoms with Crippen LogP contribution in [0.5, 0.6) is 0 Å². The number of rotatable bonds is 5. The molecule has 0 saturated carbocycles. The fourth-order valence-electron chi connectivity index (χ4n) is 0.787. The Morgan fingerprint density at radius 3 is 3.08 bits per heavy atom. The van der Waals surface area contributed by atoms with Crippen molar-refractivity contribution in [2.45, 2.75) is 6.61 Å². The van der Waals surface area contributed by atoms with E-state index in [0.717, 1.165) is 5.76 Å². The van der Waals surface area contributed by atoms with E-state index in [1.54, 1.807) is 6.26 Å². The van der Waals surface area contributed by atoms with Crippen molar-refractivity contribution >= 4 is 0 Å². The SMILES string of the molecule is NCC=CCOCc1ccco1. The molecule has 3 nitrogen and oxygen atoms in total. The van der Waals surface area contributed by atoms with Crippen LogP contribution in [0.15, 0.2) is 35.0 Å². The van der Waals surface area contributed by atoms with Crippen LogP contribution in [0.1, 0.15) is 5.76 Å². The van der Waals surface area contributed by atoms with Gasteiger partial charge in [0, 0.05) is 6.54 Å². The first-order valence-electron chi connectivity index (χ1n) is 3.88. The van der Waals surface area contributed by atoms with Crippen molar-refractivity contribution in [3.63, 3.8) is 0 Å². The highest BCUT2D eigenvalue weighted by Crippen LogP contribution is 2.00. The lowest BCUT2D eigenvalue weighted by Crippen LogP contribution is -1.95. The van der Waals surface area contributed by atoms with Crippen molar-refractivity contribution in [3.8, 4) is 0 Å². The minimum atomic E-state index is 0.516. The second-order valence-corrected chi connectivity index (χ2v) is 2.30. The predicted octanol–water partition coefficient (Wildman–Crippen LogP) is 1.31. The van der Waals surface area contributed by atoms with Gasteiger partial charge >= 0.3 is 0 Å². The molecule has 2 N–H and O–H groups in total. The molecule has 0 atom stereocenters. The molecular weight excluding hydrogens is 154 g/mol. The molecule has 66 valence electrons. The smallest absolute Gasteiger partial charge is 0.129 e. The molecule has 0 aromatic carbocycles. The molecule has 0 saturated heterocycles. The fourth-order valence-corrected chi connectivity index (χ4v) is 0.787. The summed E-state index contributed by atoms with van der Waals surface area (Å²) in [6, 6.07) is 3.72. The van der Waals surface area contributed by atoms with Crippen LogP contribution >= 0.6 is 0 Å². The van der Waals surface area contributed by atoms with Gasteiger partial charge in [0.2, 0.25) is 0 Å². The second kappa shape index (κ2) is 5.57. The van der Waals surface area contributed by atoms with E-state index in [1.807, 2.05) is 24.3 Å². The van der Waals surface area contributed by atoms with Crippen molar-refractivity contribution in [1.29, 1.82) is 0 Å². The Hall–Kier alpha value is -1.06. The first-order chi connectivity index (χ1) is 5.93. The molecule has 1 aromatic rings. The predicted molar refractivity (Wildman–Crippen MR) is 46.6 cm³/mol. The molecule has 3 heteroatoms. The molecule has 0 aliphatic heterocycles. The highest BCUT2D eigenvalue weighted by atomic mass is 16.5. The van der Waals surface area contributed by atoms with Crippen molar-refractivity contribution in [3.05, 3.63) is 36.3 Å². The first kappa shape index (κ1) is 9.03. The maximum Gasteiger partial charge on any atom is 0.129 e. The van der Waals surface area contributed by atoms with Crippen LogP contribution in [0.3, 0.4) is 0 Å². The van der Waals surface area contributed by atoms with Crippen LogP contribution in [0.4, 0.5) is 0 Å². The van der Waals surface area contributed by atoms with Crippen LogP contribution in [-0.4, -0.2) is 13.2 Å². The largest absolute Gasteiger partial charge is 0.467 e. The van der Waals surface area contributed by atoms with Gasteiger partial charge in [-0.2, -0.15) is 0 Å². The number of hydrogen-bond donors (Lipinski definition) is 1. The van der Waals surface area contributed by atoms with Crippen molar-refractivity contribution in [2.24, 2.45) is 5.73 Å². The van der Waals surface area contributed by atoms with E-state index in [2.05, 4.69) is 0 Å². The van der Waals surface area contributed by atoms with Gasteiger partial charge in [0.15, 0.2) is 0 Å². The van der Waals surface area contributed by atoms with E-state index in [0.29, 0.717) is 19.8 Å². The number of hydrogen-bond acceptors (Lipinski definition) is 3. The van der Waals surface area contributed by atoms with Crippen LogP contribution < -0.4 is 5.73 Å². The minimum absolute atomic E-state index is 0.516. The molecule has 0 amide bonds. The topological polar surface area (TPSA) is 48.4 Å². The van der Waals surface area contributed by atoms with Crippen molar-refractivity contribution < 1.29 is 9.15 Å². The van der Waals surface area contributed by atoms with Gasteiger partial charge in [0.05, 0.1) is 12.9 Å². The van der Waals surface area contributed by atoms with Gasteiger partial charge in [-0.1, -0.05) is 12.2 Å². The highest BCUT2D eigenvalue weighted by molar-refractivity contribution is 4.96. The Bertz CT molecular complexity index is 216. The number of nitrogens with two attached hydrogens (primary N) is 1. The molecule has 0 aliphatic carbocycles. The summed E-state index contributed by atoms with van der Waals surface area (Å²) in [5.74, 6) is 0.844. The third-order valence-electron chi connectivity index (χ3n) is 1.34. The zero-order valence-corrected chi connectivity index (χ0v) is 6.90. The number of ether oxygens (including phenoxy) is 1. The summed E-state index contributed by atoms with van der Waals surface area (Å²) >= 11 is 0. The average Bonchev–Trinajstić information content (AvgIpc) is 2.57. The Labute approximate surface area is 71.8 Å². The third-order valence-corrected chi connectivity index (χ3v) is 1.34. The van der Waals surface area contributed by atoms with Gasteiger partial charge in [-0.15, -0.1) is 0 Å². The van der Waals surface area contributed by atoms with Gasteiger partial charge in [-0.05, 0) is 12.1 Å². The molecule has 1 heterocycles. The molecule has 0 unspecified atom stereocenters. The summed E-state index contributed by atoms with van der Waals surface area (Å²) in [5.41, 5.74) is 5.24. The van der Waals surface area contributed by atoms with E-state index < -0.39 is 0 Å². The van der Waals surface area contributed by atoms with Gasteiger partial charge in [-0.3, -0.25) is 0 Å². The fraction of sp³-hybridized carbons (Fsp3) is 0.333. The van der Waals surface area contributed by atoms with E-state index >= 15 is 0 Å². The van der Waals surface area contributed by atoms with Gasteiger partial charge in [0.25, 0.3) is 0 Å². The molecule has 1 aromatic heterocycles. The van der Waals surface area contributed by atoms with Gasteiger partial charge in [-0.25, -0.2) is 0 Å². The molecule has 0 radical (unpaired) electrons. The standard InChI is InChI=1S/C9H13NO2/c10-5-1-2-6-11-8-9-4-3-7-12-9/h1-4,7H,5-6,8,10H2. The van der Waals surface area contributed by atoms with E-state index in [-0.39, 0.29) is 0 Å². The van der Waals surface area contributed by atoms with Crippen LogP contribution in [0, 0.1) is 0 Å². The quantitative estimate of drug-likeness (QED) is 0.531. The lowest BCUT2D eigenvalue weighted by atomic mass is 10.5. The summed E-state index contributed by atoms with van der Waals surface area (Å²) in [6.45, 7) is 1.66. The zero-order chi connectivity index (χ0) is 8.65. The van der Waals surface area contributed by atoms with Gasteiger partial charge in [0.1, 0.15) is 12.4 Å². The normalized spacial score (nSPS) is 11.1. The maximum atomic E-state index is 5.24. The Kier molecular flexibility index (Phi) is 4.19. The van der Waals surface area contributed by atoms with E-state index in [1.165, 1.54) is 0 Å². The van der Waals surface area contributed by atoms with E-state index in [9.17, 15) is 0 Å². The van der Waals surface area contributed by atoms with Crippen molar-refractivity contribution in [1.82, 2.24) is 0 Å². The van der Waals surface area contributed by atoms with Crippen molar-refractivity contribution in [2.75, 3.05) is 13.2 Å². The van der Waals surface area contributed by atoms with E-state index in [4.69, 9.17) is 14.9 Å². The molecular formula is C9H13NO2. The molecule has 0 spiro atoms. The third kappa shape index (κ3) is 3.37. The second-order valence-electron chi connectivity index (χ2n) is 2.30. The molecule has 12 heavy (non-hydrogen) atoms. The highest BCUT2D eigenvalue weighted by Gasteiger charge is 1.92. The first-order valence-corrected chi connectivity index (χ1v) is 3.88. The minimum Gasteiger partial charge on any atom is -0.467 e. The van der Waals surface area contributed by atoms with Crippen LogP contribution in [-0.2, 0) is 11.3 Å². The maximum absolute atomic E-state index is 5.24. The molecule has 0 bridgehead atoms. The van der Waals surface area contributed by atoms with Crippen LogP contribution in [0.2, 0.25) is 0 Å². The molecule has 1 rings (SSSR count). The summed E-state index contributed by atoms with van der Waals surface area (Å²) in [6.07, 6.45) is 5.39. The summed E-state index contributed by atoms with van der Waals surface area (Å²) in [5, 5.41) is 0.